The van der Waals surface area contributed by atoms with Crippen molar-refractivity contribution >= 4 is 47.4 Å². The largest absolute Gasteiger partial charge is 0.508 e. The van der Waals surface area contributed by atoms with Crippen LogP contribution in [0.15, 0.2) is 66.7 Å². The first-order valence-corrected chi connectivity index (χ1v) is 17.8. The topological polar surface area (TPSA) is 241 Å². The molecule has 0 aromatic heterocycles. The Morgan fingerprint density at radius 2 is 1.60 bits per heavy atom. The molecule has 5 amide bonds. The fraction of sp³-hybridized carbons (Fsp3) is 0.421. The van der Waals surface area contributed by atoms with Crippen LogP contribution in [0.5, 0.6) is 5.75 Å². The minimum Gasteiger partial charge on any atom is -0.508 e. The van der Waals surface area contributed by atoms with E-state index in [2.05, 4.69) is 21.3 Å². The molecule has 2 aliphatic heterocycles. The van der Waals surface area contributed by atoms with Crippen LogP contribution in [-0.4, -0.2) is 94.7 Å². The molecule has 1 fully saturated rings. The summed E-state index contributed by atoms with van der Waals surface area (Å²) in [6.45, 7) is 0.0150. The van der Waals surface area contributed by atoms with Crippen molar-refractivity contribution in [2.24, 2.45) is 11.7 Å². The first kappa shape index (κ1) is 39.9. The van der Waals surface area contributed by atoms with Crippen LogP contribution in [0.4, 0.5) is 0 Å². The Labute approximate surface area is 307 Å². The van der Waals surface area contributed by atoms with E-state index in [4.69, 9.17) is 11.1 Å². The fourth-order valence-electron chi connectivity index (χ4n) is 6.40. The molecule has 15 heteroatoms. The summed E-state index contributed by atoms with van der Waals surface area (Å²) in [5, 5.41) is 28.0. The Morgan fingerprint density at radius 3 is 2.30 bits per heavy atom. The second-order valence-corrected chi connectivity index (χ2v) is 13.3. The number of aldehydes is 1. The maximum absolute atomic E-state index is 13.9. The molecule has 0 saturated carbocycles. The standard InChI is InChI=1S/C38H47N7O8/c39-32(40)11-5-4-9-29-34(49)37(52)44-30(22-24-7-2-1-3-8-24)35(50)42-27(21-25-12-15-28(47)16-13-25)14-17-33(48)41-23-26(18-20-46)38(53)45-19-6-10-31(45)36(51)43-29/h1-3,7-8,12-17,20,26-27,29-31,47H,4-6,9-11,18-19,21-23H2,(H3,39,40)(H,41,48)(H,42,50)(H,43,51)(H,44,52)/b17-14+/t26-,27?,29-,30+,31-/m0/s1. The van der Waals surface area contributed by atoms with Gasteiger partial charge >= 0.3 is 0 Å². The third-order valence-corrected chi connectivity index (χ3v) is 9.24. The highest BCUT2D eigenvalue weighted by atomic mass is 16.3. The molecule has 2 aromatic carbocycles. The predicted molar refractivity (Wildman–Crippen MR) is 194 cm³/mol. The molecular weight excluding hydrogens is 682 g/mol. The zero-order valence-corrected chi connectivity index (χ0v) is 29.4. The van der Waals surface area contributed by atoms with E-state index in [-0.39, 0.29) is 63.2 Å². The molecule has 15 nitrogen and oxygen atoms in total. The number of phenols is 1. The van der Waals surface area contributed by atoms with Crippen molar-refractivity contribution in [2.45, 2.75) is 82.0 Å². The van der Waals surface area contributed by atoms with Gasteiger partial charge in [-0.25, -0.2) is 0 Å². The highest BCUT2D eigenvalue weighted by Crippen LogP contribution is 2.22. The van der Waals surface area contributed by atoms with E-state index in [1.54, 1.807) is 42.5 Å². The van der Waals surface area contributed by atoms with Gasteiger partial charge in [-0.2, -0.15) is 0 Å². The molecule has 4 rings (SSSR count). The number of amidine groups is 1. The van der Waals surface area contributed by atoms with Crippen molar-refractivity contribution in [2.75, 3.05) is 13.1 Å². The highest BCUT2D eigenvalue weighted by Gasteiger charge is 2.39. The molecular formula is C38H47N7O8. The number of benzene rings is 2. The molecule has 0 radical (unpaired) electrons. The highest BCUT2D eigenvalue weighted by molar-refractivity contribution is 6.38. The Hall–Kier alpha value is -5.86. The first-order chi connectivity index (χ1) is 25.4. The zero-order chi connectivity index (χ0) is 38.3. The Balaban J connectivity index is 1.70. The van der Waals surface area contributed by atoms with Gasteiger partial charge in [-0.1, -0.05) is 55.0 Å². The molecule has 53 heavy (non-hydrogen) atoms. The number of hydrogen-bond donors (Lipinski definition) is 7. The number of fused-ring (bicyclic) bond motifs is 1. The van der Waals surface area contributed by atoms with Crippen molar-refractivity contribution < 1.29 is 38.7 Å². The molecule has 2 heterocycles. The van der Waals surface area contributed by atoms with Gasteiger partial charge in [0, 0.05) is 38.4 Å². The van der Waals surface area contributed by atoms with Crippen LogP contribution in [0.3, 0.4) is 0 Å². The number of phenolic OH excluding ortho intramolecular Hbond substituents is 1. The van der Waals surface area contributed by atoms with E-state index in [9.17, 15) is 38.7 Å². The summed E-state index contributed by atoms with van der Waals surface area (Å²) in [7, 11) is 0. The van der Waals surface area contributed by atoms with E-state index < -0.39 is 65.4 Å². The van der Waals surface area contributed by atoms with Gasteiger partial charge in [0.25, 0.3) is 5.91 Å². The van der Waals surface area contributed by atoms with Crippen molar-refractivity contribution in [1.29, 1.82) is 5.41 Å². The Kier molecular flexibility index (Phi) is 14.8. The number of nitrogens with zero attached hydrogens (tertiary/aromatic N) is 1. The van der Waals surface area contributed by atoms with Gasteiger partial charge in [0.1, 0.15) is 24.1 Å². The van der Waals surface area contributed by atoms with E-state index >= 15 is 0 Å². The summed E-state index contributed by atoms with van der Waals surface area (Å²) in [6, 6.07) is 10.8. The number of nitrogens with one attached hydrogen (secondary N) is 5. The van der Waals surface area contributed by atoms with Gasteiger partial charge in [-0.15, -0.1) is 0 Å². The summed E-state index contributed by atoms with van der Waals surface area (Å²) in [5.74, 6) is -5.49. The number of unbranched alkanes of at least 4 members (excludes halogenated alkanes) is 1. The quantitative estimate of drug-likeness (QED) is 0.0562. The monoisotopic (exact) mass is 729 g/mol. The SMILES string of the molecule is N=C(N)CCCC[C@@H]1NC(=O)[C@@H]2CCCN2C(=O)[C@@H](CC=O)CNC(=O)/C=C/C(Cc2ccc(O)cc2)NC(=O)[C@@H](Cc2ccccc2)NC(=O)C1=O. The molecule has 1 saturated heterocycles. The number of carbonyl (C=O) groups is 7. The number of carbonyl (C=O) groups excluding carboxylic acids is 7. The van der Waals surface area contributed by atoms with Crippen LogP contribution < -0.4 is 27.0 Å². The summed E-state index contributed by atoms with van der Waals surface area (Å²) in [6.07, 6.45) is 4.96. The number of Topliss-reactive ketones (excluding diaryl/α,β-unsaturated/α-hetero) is 1. The van der Waals surface area contributed by atoms with Crippen LogP contribution in [-0.2, 0) is 46.4 Å². The lowest BCUT2D eigenvalue weighted by molar-refractivity contribution is -0.144. The average Bonchev–Trinajstić information content (AvgIpc) is 3.64. The van der Waals surface area contributed by atoms with Crippen molar-refractivity contribution in [3.05, 3.63) is 77.9 Å². The first-order valence-electron chi connectivity index (χ1n) is 17.8. The minimum atomic E-state index is -1.32. The molecule has 0 bridgehead atoms. The lowest BCUT2D eigenvalue weighted by Crippen LogP contribution is -2.57. The third-order valence-electron chi connectivity index (χ3n) is 9.24. The molecule has 0 aliphatic carbocycles. The summed E-state index contributed by atoms with van der Waals surface area (Å²) < 4.78 is 0. The van der Waals surface area contributed by atoms with Crippen molar-refractivity contribution in [3.63, 3.8) is 0 Å². The van der Waals surface area contributed by atoms with Gasteiger partial charge < -0.3 is 41.8 Å². The molecule has 282 valence electrons. The molecule has 1 unspecified atom stereocenters. The second kappa shape index (κ2) is 19.7. The number of hydrogen-bond acceptors (Lipinski definition) is 9. The van der Waals surface area contributed by atoms with Crippen LogP contribution in [0, 0.1) is 11.3 Å². The van der Waals surface area contributed by atoms with Gasteiger partial charge in [-0.05, 0) is 55.4 Å². The van der Waals surface area contributed by atoms with Crippen LogP contribution >= 0.6 is 0 Å². The lowest BCUT2D eigenvalue weighted by atomic mass is 10.00. The minimum absolute atomic E-state index is 0.00866. The third kappa shape index (κ3) is 12.1. The molecule has 8 N–H and O–H groups in total. The smallest absolute Gasteiger partial charge is 0.290 e. The molecule has 2 aromatic rings. The maximum atomic E-state index is 13.9. The number of amides is 5. The maximum Gasteiger partial charge on any atom is 0.290 e. The van der Waals surface area contributed by atoms with E-state index in [0.717, 1.165) is 0 Å². The normalized spacial score (nSPS) is 24.0. The van der Waals surface area contributed by atoms with Crippen LogP contribution in [0.25, 0.3) is 0 Å². The second-order valence-electron chi connectivity index (χ2n) is 13.3. The van der Waals surface area contributed by atoms with Gasteiger partial charge in [0.2, 0.25) is 29.4 Å². The molecule has 2 aliphatic rings. The predicted octanol–water partition coefficient (Wildman–Crippen LogP) is 0.579. The number of ketones is 1. The summed E-state index contributed by atoms with van der Waals surface area (Å²) in [4.78, 5) is 94.7. The van der Waals surface area contributed by atoms with Gasteiger partial charge in [-0.3, -0.25) is 34.2 Å². The Bertz CT molecular complexity index is 1680. The Morgan fingerprint density at radius 1 is 0.887 bits per heavy atom. The summed E-state index contributed by atoms with van der Waals surface area (Å²) >= 11 is 0. The lowest BCUT2D eigenvalue weighted by Gasteiger charge is -2.29. The van der Waals surface area contributed by atoms with Crippen LogP contribution in [0.2, 0.25) is 0 Å². The molecule has 0 spiro atoms. The van der Waals surface area contributed by atoms with E-state index in [0.29, 0.717) is 36.7 Å². The van der Waals surface area contributed by atoms with E-state index in [1.165, 1.54) is 29.2 Å². The number of nitrogens with two attached hydrogens (primary N) is 1. The zero-order valence-electron chi connectivity index (χ0n) is 29.4. The number of rotatable bonds is 11. The average molecular weight is 730 g/mol. The van der Waals surface area contributed by atoms with Crippen LogP contribution in [0.1, 0.15) is 56.1 Å². The summed E-state index contributed by atoms with van der Waals surface area (Å²) in [5.41, 5.74) is 6.88. The van der Waals surface area contributed by atoms with Crippen molar-refractivity contribution in [3.8, 4) is 5.75 Å². The number of aromatic hydroxyl groups is 1. The molecule has 5 atom stereocenters. The van der Waals surface area contributed by atoms with Gasteiger partial charge in [0.05, 0.1) is 23.8 Å². The van der Waals surface area contributed by atoms with Crippen molar-refractivity contribution in [1.82, 2.24) is 26.2 Å². The fourth-order valence-corrected chi connectivity index (χ4v) is 6.40. The van der Waals surface area contributed by atoms with E-state index in [1.807, 2.05) is 0 Å². The van der Waals surface area contributed by atoms with Gasteiger partial charge in [0.15, 0.2) is 0 Å².